The van der Waals surface area contributed by atoms with Crippen molar-refractivity contribution in [2.45, 2.75) is 12.8 Å². The van der Waals surface area contributed by atoms with Gasteiger partial charge in [-0.3, -0.25) is 9.59 Å². The molecule has 8 heteroatoms. The fraction of sp³-hybridized carbons (Fsp3) is 0.238. The van der Waals surface area contributed by atoms with E-state index >= 15 is 0 Å². The van der Waals surface area contributed by atoms with E-state index in [1.807, 2.05) is 0 Å². The average Bonchev–Trinajstić information content (AvgIpc) is 3.22. The van der Waals surface area contributed by atoms with Crippen molar-refractivity contribution in [3.05, 3.63) is 52.9 Å². The van der Waals surface area contributed by atoms with Gasteiger partial charge in [0.15, 0.2) is 0 Å². The fourth-order valence-electron chi connectivity index (χ4n) is 3.77. The lowest BCUT2D eigenvalue weighted by molar-refractivity contribution is -0.117. The number of amides is 2. The molecule has 0 bridgehead atoms. The first-order chi connectivity index (χ1) is 13.9. The number of halogens is 2. The van der Waals surface area contributed by atoms with Crippen LogP contribution in [0.1, 0.15) is 23.3 Å². The van der Waals surface area contributed by atoms with Gasteiger partial charge in [0.1, 0.15) is 17.3 Å². The number of rotatable bonds is 4. The maximum Gasteiger partial charge on any atom is 0.274 e. The molecule has 29 heavy (non-hydrogen) atoms. The number of hydrogen-bond acceptors (Lipinski definition) is 3. The van der Waals surface area contributed by atoms with Crippen LogP contribution >= 0.6 is 11.6 Å². The molecular weight excluding hydrogens is 397 g/mol. The Morgan fingerprint density at radius 1 is 1.24 bits per heavy atom. The van der Waals surface area contributed by atoms with E-state index in [1.54, 1.807) is 40.8 Å². The van der Waals surface area contributed by atoms with E-state index in [-0.39, 0.29) is 11.6 Å². The molecule has 2 heterocycles. The van der Waals surface area contributed by atoms with Crippen molar-refractivity contribution < 1.29 is 18.7 Å². The molecule has 0 saturated carbocycles. The number of methoxy groups -OCH3 is 1. The van der Waals surface area contributed by atoms with E-state index in [0.717, 1.165) is 0 Å². The van der Waals surface area contributed by atoms with Gasteiger partial charge in [-0.25, -0.2) is 4.39 Å². The van der Waals surface area contributed by atoms with Crippen LogP contribution in [0.5, 0.6) is 5.75 Å². The van der Waals surface area contributed by atoms with Gasteiger partial charge in [0, 0.05) is 30.4 Å². The van der Waals surface area contributed by atoms with Gasteiger partial charge in [-0.15, -0.1) is 0 Å². The topological polar surface area (TPSA) is 63.6 Å². The number of anilines is 2. The molecule has 1 aliphatic rings. The number of aryl methyl sites for hydroxylation is 1. The lowest BCUT2D eigenvalue weighted by Gasteiger charge is -2.18. The van der Waals surface area contributed by atoms with E-state index in [4.69, 9.17) is 16.3 Å². The van der Waals surface area contributed by atoms with Crippen molar-refractivity contribution in [1.29, 1.82) is 0 Å². The standard InChI is InChI=1S/C21H19ClFN3O3/c1-25-16-7-6-13(23)11-14(16)19(26-9-3-4-18(26)27)20(25)21(28)24-15-10-12(22)5-8-17(15)29-2/h5-8,10-11H,3-4,9H2,1-2H3,(H,24,28). The van der Waals surface area contributed by atoms with E-state index in [9.17, 15) is 14.0 Å². The van der Waals surface area contributed by atoms with E-state index < -0.39 is 11.7 Å². The third-order valence-electron chi connectivity index (χ3n) is 5.10. The molecular formula is C21H19ClFN3O3. The Hall–Kier alpha value is -3.06. The number of ether oxygens (including phenoxy) is 1. The van der Waals surface area contributed by atoms with Crippen molar-refractivity contribution in [3.63, 3.8) is 0 Å². The quantitative estimate of drug-likeness (QED) is 0.688. The van der Waals surface area contributed by atoms with Crippen molar-refractivity contribution >= 4 is 45.7 Å². The van der Waals surface area contributed by atoms with Crippen LogP contribution in [0.25, 0.3) is 10.9 Å². The monoisotopic (exact) mass is 415 g/mol. The summed E-state index contributed by atoms with van der Waals surface area (Å²) in [5.74, 6) is -0.513. The van der Waals surface area contributed by atoms with Crippen LogP contribution in [-0.2, 0) is 11.8 Å². The van der Waals surface area contributed by atoms with Crippen LogP contribution in [0.4, 0.5) is 15.8 Å². The number of aromatic nitrogens is 1. The molecule has 0 unspecified atom stereocenters. The highest BCUT2D eigenvalue weighted by Gasteiger charge is 2.31. The molecule has 4 rings (SSSR count). The minimum absolute atomic E-state index is 0.0869. The fourth-order valence-corrected chi connectivity index (χ4v) is 3.95. The van der Waals surface area contributed by atoms with Gasteiger partial charge in [0.2, 0.25) is 5.91 Å². The van der Waals surface area contributed by atoms with Crippen molar-refractivity contribution in [2.24, 2.45) is 7.05 Å². The van der Waals surface area contributed by atoms with Gasteiger partial charge in [-0.1, -0.05) is 11.6 Å². The minimum Gasteiger partial charge on any atom is -0.495 e. The molecule has 0 spiro atoms. The number of nitrogens with zero attached hydrogens (tertiary/aromatic N) is 2. The molecule has 2 aromatic carbocycles. The molecule has 0 atom stereocenters. The second-order valence-electron chi connectivity index (χ2n) is 6.87. The van der Waals surface area contributed by atoms with Crippen molar-refractivity contribution in [3.8, 4) is 5.75 Å². The van der Waals surface area contributed by atoms with E-state index in [2.05, 4.69) is 5.32 Å². The Balaban J connectivity index is 1.87. The predicted molar refractivity (Wildman–Crippen MR) is 110 cm³/mol. The van der Waals surface area contributed by atoms with Gasteiger partial charge in [0.25, 0.3) is 5.91 Å². The number of benzene rings is 2. The van der Waals surface area contributed by atoms with Gasteiger partial charge < -0.3 is 19.5 Å². The summed E-state index contributed by atoms with van der Waals surface area (Å²) in [5.41, 5.74) is 1.75. The summed E-state index contributed by atoms with van der Waals surface area (Å²) in [6, 6.07) is 9.18. The highest BCUT2D eigenvalue weighted by molar-refractivity contribution is 6.31. The SMILES string of the molecule is COc1ccc(Cl)cc1NC(=O)c1c(N2CCCC2=O)c2cc(F)ccc2n1C. The zero-order valence-corrected chi connectivity index (χ0v) is 16.7. The van der Waals surface area contributed by atoms with Crippen LogP contribution in [0.15, 0.2) is 36.4 Å². The van der Waals surface area contributed by atoms with E-state index in [1.165, 1.54) is 19.2 Å². The Labute approximate surface area is 171 Å². The Morgan fingerprint density at radius 3 is 2.72 bits per heavy atom. The molecule has 1 saturated heterocycles. The third kappa shape index (κ3) is 3.31. The zero-order chi connectivity index (χ0) is 20.7. The summed E-state index contributed by atoms with van der Waals surface area (Å²) >= 11 is 6.06. The predicted octanol–water partition coefficient (Wildman–Crippen LogP) is 4.36. The van der Waals surface area contributed by atoms with Crippen LogP contribution in [0, 0.1) is 5.82 Å². The number of carbonyl (C=O) groups excluding carboxylic acids is 2. The zero-order valence-electron chi connectivity index (χ0n) is 16.0. The second-order valence-corrected chi connectivity index (χ2v) is 7.30. The first-order valence-corrected chi connectivity index (χ1v) is 9.51. The maximum atomic E-state index is 14.0. The molecule has 1 fully saturated rings. The molecule has 2 amide bonds. The number of hydrogen-bond donors (Lipinski definition) is 1. The van der Waals surface area contributed by atoms with Crippen molar-refractivity contribution in [2.75, 3.05) is 23.9 Å². The summed E-state index contributed by atoms with van der Waals surface area (Å²) in [7, 11) is 3.21. The molecule has 0 radical (unpaired) electrons. The summed E-state index contributed by atoms with van der Waals surface area (Å²) in [5, 5.41) is 3.77. The number of nitrogens with one attached hydrogen (secondary N) is 1. The lowest BCUT2D eigenvalue weighted by atomic mass is 10.2. The second kappa shape index (κ2) is 7.40. The molecule has 1 aliphatic heterocycles. The molecule has 3 aromatic rings. The summed E-state index contributed by atoms with van der Waals surface area (Å²) in [6.07, 6.45) is 1.09. The molecule has 150 valence electrons. The van der Waals surface area contributed by atoms with Gasteiger partial charge in [0.05, 0.1) is 24.0 Å². The van der Waals surface area contributed by atoms with E-state index in [0.29, 0.717) is 52.4 Å². The number of fused-ring (bicyclic) bond motifs is 1. The average molecular weight is 416 g/mol. The van der Waals surface area contributed by atoms with Gasteiger partial charge >= 0.3 is 0 Å². The number of carbonyl (C=O) groups is 2. The van der Waals surface area contributed by atoms with Crippen LogP contribution < -0.4 is 15.0 Å². The minimum atomic E-state index is -0.445. The van der Waals surface area contributed by atoms with Crippen molar-refractivity contribution in [1.82, 2.24) is 4.57 Å². The highest BCUT2D eigenvalue weighted by atomic mass is 35.5. The smallest absolute Gasteiger partial charge is 0.274 e. The molecule has 1 aromatic heterocycles. The molecule has 1 N–H and O–H groups in total. The maximum absolute atomic E-state index is 14.0. The van der Waals surface area contributed by atoms with Crippen LogP contribution in [0.2, 0.25) is 5.02 Å². The Morgan fingerprint density at radius 2 is 2.03 bits per heavy atom. The largest absolute Gasteiger partial charge is 0.495 e. The first-order valence-electron chi connectivity index (χ1n) is 9.14. The summed E-state index contributed by atoms with van der Waals surface area (Å²) in [6.45, 7) is 0.481. The normalized spacial score (nSPS) is 13.9. The third-order valence-corrected chi connectivity index (χ3v) is 5.34. The highest BCUT2D eigenvalue weighted by Crippen LogP contribution is 2.37. The summed E-state index contributed by atoms with van der Waals surface area (Å²) in [4.78, 5) is 27.3. The first kappa shape index (κ1) is 19.3. The van der Waals surface area contributed by atoms with Gasteiger partial charge in [-0.05, 0) is 42.8 Å². The molecule has 0 aliphatic carbocycles. The Kier molecular flexibility index (Phi) is 4.92. The summed E-state index contributed by atoms with van der Waals surface area (Å²) < 4.78 is 21.0. The van der Waals surface area contributed by atoms with Crippen LogP contribution in [0.3, 0.4) is 0 Å². The van der Waals surface area contributed by atoms with Gasteiger partial charge in [-0.2, -0.15) is 0 Å². The van der Waals surface area contributed by atoms with Crippen LogP contribution in [-0.4, -0.2) is 30.0 Å². The molecule has 6 nitrogen and oxygen atoms in total. The Bertz CT molecular complexity index is 1140. The lowest BCUT2D eigenvalue weighted by Crippen LogP contribution is -2.27.